The highest BCUT2D eigenvalue weighted by molar-refractivity contribution is 5.97. The van der Waals surface area contributed by atoms with Crippen molar-refractivity contribution >= 4 is 17.8 Å². The summed E-state index contributed by atoms with van der Waals surface area (Å²) in [7, 11) is 2.46. The highest BCUT2D eigenvalue weighted by Gasteiger charge is 2.24. The Balaban J connectivity index is 1.55. The number of carbonyl (C=O) groups is 3. The zero-order chi connectivity index (χ0) is 37.0. The number of imidazole rings is 1. The smallest absolute Gasteiger partial charge is 0.337 e. The van der Waals surface area contributed by atoms with Crippen molar-refractivity contribution in [1.29, 1.82) is 0 Å². The van der Waals surface area contributed by atoms with E-state index in [2.05, 4.69) is 5.32 Å². The molecule has 1 aromatic heterocycles. The highest BCUT2D eigenvalue weighted by Crippen LogP contribution is 2.38. The van der Waals surface area contributed by atoms with E-state index in [4.69, 9.17) is 29.7 Å². The third-order valence-corrected chi connectivity index (χ3v) is 7.96. The molecular formula is C39H38F2N4O7. The van der Waals surface area contributed by atoms with E-state index in [1.54, 1.807) is 60.7 Å². The van der Waals surface area contributed by atoms with Crippen LogP contribution in [-0.4, -0.2) is 81.1 Å². The van der Waals surface area contributed by atoms with Crippen LogP contribution < -0.4 is 11.1 Å². The number of amides is 1. The van der Waals surface area contributed by atoms with Crippen LogP contribution >= 0.6 is 0 Å². The van der Waals surface area contributed by atoms with Crippen LogP contribution in [0.4, 0.5) is 8.78 Å². The zero-order valence-electron chi connectivity index (χ0n) is 28.7. The second kappa shape index (κ2) is 17.9. The molecular weight excluding hydrogens is 674 g/mol. The van der Waals surface area contributed by atoms with Gasteiger partial charge in [-0.1, -0.05) is 12.1 Å². The predicted molar refractivity (Wildman–Crippen MR) is 190 cm³/mol. The number of nitrogens with one attached hydrogen (secondary N) is 1. The van der Waals surface area contributed by atoms with E-state index >= 15 is 0 Å². The van der Waals surface area contributed by atoms with Gasteiger partial charge in [0.05, 0.1) is 63.2 Å². The molecule has 0 saturated heterocycles. The van der Waals surface area contributed by atoms with Crippen LogP contribution in [-0.2, 0) is 25.5 Å². The van der Waals surface area contributed by atoms with Crippen LogP contribution in [0.5, 0.6) is 0 Å². The Kier molecular flexibility index (Phi) is 12.9. The Bertz CT molecular complexity index is 1960. The van der Waals surface area contributed by atoms with Gasteiger partial charge in [0, 0.05) is 41.9 Å². The molecule has 3 N–H and O–H groups in total. The van der Waals surface area contributed by atoms with Gasteiger partial charge in [-0.15, -0.1) is 0 Å². The number of methoxy groups -OCH3 is 2. The summed E-state index contributed by atoms with van der Waals surface area (Å²) in [4.78, 5) is 43.3. The molecule has 0 bridgehead atoms. The van der Waals surface area contributed by atoms with E-state index in [-0.39, 0.29) is 23.6 Å². The van der Waals surface area contributed by atoms with Crippen molar-refractivity contribution in [2.45, 2.75) is 6.54 Å². The minimum absolute atomic E-state index is 0.0855. The molecule has 11 nitrogen and oxygen atoms in total. The quantitative estimate of drug-likeness (QED) is 0.100. The number of benzene rings is 4. The van der Waals surface area contributed by atoms with Crippen LogP contribution in [0.2, 0.25) is 0 Å². The summed E-state index contributed by atoms with van der Waals surface area (Å²) in [6.07, 6.45) is 0. The number of hydrogen-bond donors (Lipinski definition) is 2. The van der Waals surface area contributed by atoms with Gasteiger partial charge >= 0.3 is 11.9 Å². The lowest BCUT2D eigenvalue weighted by molar-refractivity contribution is 0.0511. The molecule has 1 heterocycles. The maximum absolute atomic E-state index is 14.2. The van der Waals surface area contributed by atoms with Gasteiger partial charge in [-0.2, -0.15) is 0 Å². The molecule has 0 unspecified atom stereocenters. The molecule has 4 aromatic carbocycles. The second-order valence-corrected chi connectivity index (χ2v) is 11.5. The van der Waals surface area contributed by atoms with E-state index in [0.717, 1.165) is 5.56 Å². The minimum Gasteiger partial charge on any atom is -0.465 e. The summed E-state index contributed by atoms with van der Waals surface area (Å²) in [5.41, 5.74) is 9.30. The number of nitrogens with two attached hydrogens (primary N) is 1. The Morgan fingerprint density at radius 3 is 1.81 bits per heavy atom. The number of ether oxygens (including phenoxy) is 4. The van der Waals surface area contributed by atoms with Gasteiger partial charge in [0.25, 0.3) is 5.91 Å². The van der Waals surface area contributed by atoms with Gasteiger partial charge < -0.3 is 34.6 Å². The molecule has 0 spiro atoms. The van der Waals surface area contributed by atoms with Crippen molar-refractivity contribution in [2.75, 3.05) is 53.7 Å². The number of carbonyl (C=O) groups excluding carboxylic acids is 3. The van der Waals surface area contributed by atoms with Crippen LogP contribution in [0.15, 0.2) is 91.0 Å². The van der Waals surface area contributed by atoms with E-state index in [1.807, 2.05) is 4.57 Å². The van der Waals surface area contributed by atoms with Crippen LogP contribution in [0, 0.1) is 11.6 Å². The first kappa shape index (κ1) is 37.5. The van der Waals surface area contributed by atoms with Gasteiger partial charge in [-0.05, 0) is 84.4 Å². The SMILES string of the molecule is COC(=O)c1cc(C(=O)OC)cc(-c2nc(-c3ccc(F)cc3)c(-c3ccc(F)cc3)n2Cc2ccc(C(=O)NCCOCCOCCN)cc2)c1. The fourth-order valence-corrected chi connectivity index (χ4v) is 5.45. The first-order valence-electron chi connectivity index (χ1n) is 16.4. The van der Waals surface area contributed by atoms with Crippen molar-refractivity contribution in [3.63, 3.8) is 0 Å². The molecule has 0 radical (unpaired) electrons. The molecule has 0 aliphatic rings. The summed E-state index contributed by atoms with van der Waals surface area (Å²) >= 11 is 0. The average molecular weight is 713 g/mol. The largest absolute Gasteiger partial charge is 0.465 e. The molecule has 0 saturated carbocycles. The lowest BCUT2D eigenvalue weighted by atomic mass is 10.0. The summed E-state index contributed by atoms with van der Waals surface area (Å²) < 4.78 is 50.7. The first-order valence-corrected chi connectivity index (χ1v) is 16.4. The predicted octanol–water partition coefficient (Wildman–Crippen LogP) is 5.51. The molecule has 0 fully saturated rings. The lowest BCUT2D eigenvalue weighted by Crippen LogP contribution is -2.27. The van der Waals surface area contributed by atoms with E-state index < -0.39 is 23.6 Å². The number of hydrogen-bond acceptors (Lipinski definition) is 9. The maximum atomic E-state index is 14.2. The van der Waals surface area contributed by atoms with E-state index in [1.165, 1.54) is 44.6 Å². The normalized spacial score (nSPS) is 10.9. The molecule has 5 rings (SSSR count). The topological polar surface area (TPSA) is 144 Å². The highest BCUT2D eigenvalue weighted by atomic mass is 19.1. The van der Waals surface area contributed by atoms with Crippen LogP contribution in [0.25, 0.3) is 33.9 Å². The fraction of sp³-hybridized carbons (Fsp3) is 0.231. The molecule has 0 aliphatic carbocycles. The second-order valence-electron chi connectivity index (χ2n) is 11.5. The van der Waals surface area contributed by atoms with E-state index in [0.29, 0.717) is 79.0 Å². The maximum Gasteiger partial charge on any atom is 0.337 e. The number of esters is 2. The summed E-state index contributed by atoms with van der Waals surface area (Å²) in [6, 6.07) is 23.1. The van der Waals surface area contributed by atoms with Crippen LogP contribution in [0.3, 0.4) is 0 Å². The Morgan fingerprint density at radius 1 is 0.692 bits per heavy atom. The fourth-order valence-electron chi connectivity index (χ4n) is 5.45. The molecule has 0 atom stereocenters. The molecule has 5 aromatic rings. The van der Waals surface area contributed by atoms with Crippen molar-refractivity contribution in [2.24, 2.45) is 5.73 Å². The number of halogens is 2. The Morgan fingerprint density at radius 2 is 1.25 bits per heavy atom. The van der Waals surface area contributed by atoms with Crippen molar-refractivity contribution in [1.82, 2.24) is 14.9 Å². The Labute approximate surface area is 299 Å². The van der Waals surface area contributed by atoms with Gasteiger partial charge in [-0.25, -0.2) is 23.4 Å². The van der Waals surface area contributed by atoms with Crippen molar-refractivity contribution < 1.29 is 42.1 Å². The third kappa shape index (κ3) is 9.31. The van der Waals surface area contributed by atoms with Gasteiger partial charge in [0.2, 0.25) is 0 Å². The summed E-state index contributed by atoms with van der Waals surface area (Å²) in [5.74, 6) is -2.18. The van der Waals surface area contributed by atoms with Crippen LogP contribution in [0.1, 0.15) is 36.6 Å². The first-order chi connectivity index (χ1) is 25.2. The summed E-state index contributed by atoms with van der Waals surface area (Å²) in [6.45, 7) is 2.52. The van der Waals surface area contributed by atoms with Gasteiger partial charge in [0.1, 0.15) is 17.5 Å². The minimum atomic E-state index is -0.681. The van der Waals surface area contributed by atoms with E-state index in [9.17, 15) is 23.2 Å². The van der Waals surface area contributed by atoms with Gasteiger partial charge in [-0.3, -0.25) is 4.79 Å². The Hall–Kier alpha value is -5.76. The summed E-state index contributed by atoms with van der Waals surface area (Å²) in [5, 5.41) is 2.83. The average Bonchev–Trinajstić information content (AvgIpc) is 3.54. The molecule has 52 heavy (non-hydrogen) atoms. The zero-order valence-corrected chi connectivity index (χ0v) is 28.7. The number of nitrogens with zero attached hydrogens (tertiary/aromatic N) is 2. The molecule has 0 aliphatic heterocycles. The monoisotopic (exact) mass is 712 g/mol. The number of rotatable bonds is 16. The van der Waals surface area contributed by atoms with Gasteiger partial charge in [0.15, 0.2) is 0 Å². The molecule has 270 valence electrons. The lowest BCUT2D eigenvalue weighted by Gasteiger charge is -2.15. The standard InChI is InChI=1S/C39H38F2N4O7/c1-49-38(47)30-21-29(22-31(23-30)39(48)50-2)36-44-34(26-7-11-32(40)12-8-26)35(27-9-13-33(41)14-10-27)45(36)24-25-3-5-28(6-4-25)37(46)43-16-18-52-20-19-51-17-15-42/h3-14,21-23H,15-20,24,42H2,1-2H3,(H,43,46). The number of aromatic nitrogens is 2. The van der Waals surface area contributed by atoms with Crippen molar-refractivity contribution in [3.05, 3.63) is 125 Å². The van der Waals surface area contributed by atoms with Crippen molar-refractivity contribution in [3.8, 4) is 33.9 Å². The molecule has 1 amide bonds. The molecule has 13 heteroatoms. The third-order valence-electron chi connectivity index (χ3n) is 7.96.